The van der Waals surface area contributed by atoms with Gasteiger partial charge in [0.25, 0.3) is 5.91 Å². The van der Waals surface area contributed by atoms with Crippen LogP contribution in [0.15, 0.2) is 42.6 Å². The second-order valence-corrected chi connectivity index (χ2v) is 5.19. The van der Waals surface area contributed by atoms with Crippen LogP contribution in [0.5, 0.6) is 11.5 Å². The van der Waals surface area contributed by atoms with E-state index in [0.29, 0.717) is 40.6 Å². The fourth-order valence-corrected chi connectivity index (χ4v) is 2.67. The zero-order valence-electron chi connectivity index (χ0n) is 13.9. The van der Waals surface area contributed by atoms with Crippen molar-refractivity contribution in [2.45, 2.75) is 13.3 Å². The van der Waals surface area contributed by atoms with Crippen LogP contribution in [0.25, 0.3) is 5.65 Å². The number of ether oxygens (including phenoxy) is 2. The number of rotatable bonds is 5. The van der Waals surface area contributed by atoms with Crippen LogP contribution in [-0.4, -0.2) is 29.5 Å². The van der Waals surface area contributed by atoms with Gasteiger partial charge in [-0.1, -0.05) is 19.1 Å². The standard InChI is InChI=1S/C18H19N3O3/c1-4-12-16(21-11-7-10-15(24-3)17(21)19-12)18(22)20-13-8-5-6-9-14(13)23-2/h5-11H,4H2,1-3H3,(H,20,22). The van der Waals surface area contributed by atoms with Gasteiger partial charge >= 0.3 is 0 Å². The number of hydrogen-bond acceptors (Lipinski definition) is 4. The first-order chi connectivity index (χ1) is 11.7. The second kappa shape index (κ2) is 6.62. The molecule has 24 heavy (non-hydrogen) atoms. The Labute approximate surface area is 140 Å². The Kier molecular flexibility index (Phi) is 4.37. The molecule has 0 aliphatic carbocycles. The van der Waals surface area contributed by atoms with Crippen molar-refractivity contribution in [3.8, 4) is 11.5 Å². The van der Waals surface area contributed by atoms with Crippen molar-refractivity contribution in [3.05, 3.63) is 54.0 Å². The average Bonchev–Trinajstić information content (AvgIpc) is 3.00. The maximum atomic E-state index is 12.9. The third kappa shape index (κ3) is 2.67. The van der Waals surface area contributed by atoms with Gasteiger partial charge in [0.1, 0.15) is 11.4 Å². The molecule has 0 aliphatic rings. The van der Waals surface area contributed by atoms with Crippen LogP contribution < -0.4 is 14.8 Å². The van der Waals surface area contributed by atoms with E-state index in [1.807, 2.05) is 31.2 Å². The number of hydrogen-bond donors (Lipinski definition) is 1. The van der Waals surface area contributed by atoms with Crippen LogP contribution in [0.3, 0.4) is 0 Å². The van der Waals surface area contributed by atoms with Crippen LogP contribution in [0.4, 0.5) is 5.69 Å². The molecule has 6 heteroatoms. The van der Waals surface area contributed by atoms with Gasteiger partial charge in [0, 0.05) is 6.20 Å². The molecule has 2 heterocycles. The Hall–Kier alpha value is -3.02. The van der Waals surface area contributed by atoms with Crippen molar-refractivity contribution in [2.24, 2.45) is 0 Å². The molecule has 0 atom stereocenters. The number of carbonyl (C=O) groups excluding carboxylic acids is 1. The molecule has 0 saturated carbocycles. The molecular formula is C18H19N3O3. The fraction of sp³-hybridized carbons (Fsp3) is 0.222. The maximum absolute atomic E-state index is 12.9. The minimum atomic E-state index is -0.239. The number of benzene rings is 1. The Balaban J connectivity index is 2.06. The molecule has 3 rings (SSSR count). The number of aryl methyl sites for hydroxylation is 1. The average molecular weight is 325 g/mol. The molecule has 2 aromatic heterocycles. The van der Waals surface area contributed by atoms with Gasteiger partial charge < -0.3 is 14.8 Å². The van der Waals surface area contributed by atoms with Crippen LogP contribution in [0.1, 0.15) is 23.1 Å². The largest absolute Gasteiger partial charge is 0.495 e. The molecule has 124 valence electrons. The molecular weight excluding hydrogens is 306 g/mol. The third-order valence-corrected chi connectivity index (χ3v) is 3.81. The summed E-state index contributed by atoms with van der Waals surface area (Å²) < 4.78 is 12.4. The molecule has 0 spiro atoms. The van der Waals surface area contributed by atoms with E-state index in [1.54, 1.807) is 36.9 Å². The van der Waals surface area contributed by atoms with E-state index >= 15 is 0 Å². The summed E-state index contributed by atoms with van der Waals surface area (Å²) in [5.41, 5.74) is 2.45. The maximum Gasteiger partial charge on any atom is 0.274 e. The Morgan fingerprint density at radius 3 is 2.54 bits per heavy atom. The predicted molar refractivity (Wildman–Crippen MR) is 92.1 cm³/mol. The number of nitrogens with one attached hydrogen (secondary N) is 1. The number of amides is 1. The molecule has 1 aromatic carbocycles. The second-order valence-electron chi connectivity index (χ2n) is 5.19. The lowest BCUT2D eigenvalue weighted by Crippen LogP contribution is -2.16. The molecule has 0 aliphatic heterocycles. The first-order valence-corrected chi connectivity index (χ1v) is 7.67. The monoisotopic (exact) mass is 325 g/mol. The Morgan fingerprint density at radius 1 is 1.12 bits per heavy atom. The zero-order valence-corrected chi connectivity index (χ0v) is 13.9. The van der Waals surface area contributed by atoms with Gasteiger partial charge in [0.2, 0.25) is 0 Å². The van der Waals surface area contributed by atoms with E-state index < -0.39 is 0 Å². The predicted octanol–water partition coefficient (Wildman–Crippen LogP) is 3.17. The highest BCUT2D eigenvalue weighted by molar-refractivity contribution is 6.05. The summed E-state index contributed by atoms with van der Waals surface area (Å²) >= 11 is 0. The van der Waals surface area contributed by atoms with Crippen molar-refractivity contribution in [2.75, 3.05) is 19.5 Å². The molecule has 1 amide bonds. The minimum Gasteiger partial charge on any atom is -0.495 e. The summed E-state index contributed by atoms with van der Waals surface area (Å²) in [5, 5.41) is 2.90. The molecule has 1 N–H and O–H groups in total. The van der Waals surface area contributed by atoms with Crippen molar-refractivity contribution in [1.82, 2.24) is 9.38 Å². The van der Waals surface area contributed by atoms with E-state index in [4.69, 9.17) is 9.47 Å². The van der Waals surface area contributed by atoms with Gasteiger partial charge in [-0.25, -0.2) is 4.98 Å². The number of para-hydroxylation sites is 2. The van der Waals surface area contributed by atoms with Crippen LogP contribution >= 0.6 is 0 Å². The highest BCUT2D eigenvalue weighted by Gasteiger charge is 2.21. The number of aromatic nitrogens is 2. The number of carbonyl (C=O) groups is 1. The van der Waals surface area contributed by atoms with Crippen molar-refractivity contribution in [1.29, 1.82) is 0 Å². The lowest BCUT2D eigenvalue weighted by molar-refractivity contribution is 0.102. The minimum absolute atomic E-state index is 0.239. The van der Waals surface area contributed by atoms with Gasteiger partial charge in [0.05, 0.1) is 25.6 Å². The van der Waals surface area contributed by atoms with Gasteiger partial charge in [-0.3, -0.25) is 9.20 Å². The summed E-state index contributed by atoms with van der Waals surface area (Å²) in [6.45, 7) is 1.97. The number of fused-ring (bicyclic) bond motifs is 1. The highest BCUT2D eigenvalue weighted by atomic mass is 16.5. The summed E-state index contributed by atoms with van der Waals surface area (Å²) in [6.07, 6.45) is 2.45. The Morgan fingerprint density at radius 2 is 1.83 bits per heavy atom. The van der Waals surface area contributed by atoms with Gasteiger partial charge in [-0.2, -0.15) is 0 Å². The summed E-state index contributed by atoms with van der Waals surface area (Å²) in [6, 6.07) is 10.9. The van der Waals surface area contributed by atoms with Crippen molar-refractivity contribution >= 4 is 17.2 Å². The molecule has 0 saturated heterocycles. The van der Waals surface area contributed by atoms with Gasteiger partial charge in [-0.15, -0.1) is 0 Å². The van der Waals surface area contributed by atoms with Crippen LogP contribution in [-0.2, 0) is 6.42 Å². The van der Waals surface area contributed by atoms with Crippen LogP contribution in [0.2, 0.25) is 0 Å². The van der Waals surface area contributed by atoms with Crippen LogP contribution in [0, 0.1) is 0 Å². The summed E-state index contributed by atoms with van der Waals surface area (Å²) in [5.74, 6) is 0.996. The lowest BCUT2D eigenvalue weighted by Gasteiger charge is -2.10. The number of imidazole rings is 1. The molecule has 0 fully saturated rings. The van der Waals surface area contributed by atoms with E-state index in [1.165, 1.54) is 0 Å². The molecule has 3 aromatic rings. The van der Waals surface area contributed by atoms with Gasteiger partial charge in [-0.05, 0) is 30.7 Å². The third-order valence-electron chi connectivity index (χ3n) is 3.81. The fourth-order valence-electron chi connectivity index (χ4n) is 2.67. The number of nitrogens with zero attached hydrogens (tertiary/aromatic N) is 2. The van der Waals surface area contributed by atoms with E-state index in [0.717, 1.165) is 0 Å². The zero-order chi connectivity index (χ0) is 17.1. The van der Waals surface area contributed by atoms with Crippen molar-refractivity contribution in [3.63, 3.8) is 0 Å². The number of anilines is 1. The molecule has 0 radical (unpaired) electrons. The lowest BCUT2D eigenvalue weighted by atomic mass is 10.2. The smallest absolute Gasteiger partial charge is 0.274 e. The molecule has 6 nitrogen and oxygen atoms in total. The molecule has 0 unspecified atom stereocenters. The first-order valence-electron chi connectivity index (χ1n) is 7.67. The highest BCUT2D eigenvalue weighted by Crippen LogP contribution is 2.26. The molecule has 0 bridgehead atoms. The van der Waals surface area contributed by atoms with Gasteiger partial charge in [0.15, 0.2) is 11.4 Å². The normalized spacial score (nSPS) is 10.6. The topological polar surface area (TPSA) is 64.9 Å². The Bertz CT molecular complexity index is 886. The SMILES string of the molecule is CCc1nc2c(OC)cccn2c1C(=O)Nc1ccccc1OC. The number of pyridine rings is 1. The number of methoxy groups -OCH3 is 2. The quantitative estimate of drug-likeness (QED) is 0.782. The first kappa shape index (κ1) is 15.9. The van der Waals surface area contributed by atoms with E-state index in [-0.39, 0.29) is 5.91 Å². The summed E-state index contributed by atoms with van der Waals surface area (Å²) in [7, 11) is 3.16. The van der Waals surface area contributed by atoms with E-state index in [9.17, 15) is 4.79 Å². The van der Waals surface area contributed by atoms with Crippen molar-refractivity contribution < 1.29 is 14.3 Å². The van der Waals surface area contributed by atoms with E-state index in [2.05, 4.69) is 10.3 Å². The summed E-state index contributed by atoms with van der Waals surface area (Å²) in [4.78, 5) is 17.4.